The fourth-order valence-corrected chi connectivity index (χ4v) is 2.99. The summed E-state index contributed by atoms with van der Waals surface area (Å²) in [6.07, 6.45) is 4.41. The summed E-state index contributed by atoms with van der Waals surface area (Å²) in [5.74, 6) is 1.25. The van der Waals surface area contributed by atoms with Crippen LogP contribution in [0, 0.1) is 0 Å². The minimum absolute atomic E-state index is 0.568. The molecule has 1 saturated heterocycles. The average molecular weight is 342 g/mol. The molecule has 1 fully saturated rings. The number of carbonyl (C=O) groups excluding carboxylic acids is 1. The van der Waals surface area contributed by atoms with Crippen molar-refractivity contribution >= 4 is 22.2 Å². The molecule has 1 aromatic carbocycles. The van der Waals surface area contributed by atoms with E-state index in [1.807, 2.05) is 0 Å². The molecule has 0 spiro atoms. The first-order valence-electron chi connectivity index (χ1n) is 6.92. The molecule has 1 heterocycles. The number of hydrogen-bond acceptors (Lipinski definition) is 4. The van der Waals surface area contributed by atoms with E-state index in [-0.39, 0.29) is 0 Å². The second kappa shape index (κ2) is 7.64. The van der Waals surface area contributed by atoms with E-state index < -0.39 is 0 Å². The molecule has 0 amide bonds. The van der Waals surface area contributed by atoms with Crippen molar-refractivity contribution in [2.75, 3.05) is 33.4 Å². The summed E-state index contributed by atoms with van der Waals surface area (Å²) in [4.78, 5) is 13.3. The molecule has 0 atom stereocenters. The molecule has 5 heteroatoms. The van der Waals surface area contributed by atoms with Crippen molar-refractivity contribution < 1.29 is 14.3 Å². The fourth-order valence-electron chi connectivity index (χ4n) is 2.42. The molecule has 0 N–H and O–H groups in total. The highest BCUT2D eigenvalue weighted by atomic mass is 79.9. The molecule has 0 unspecified atom stereocenters. The summed E-state index contributed by atoms with van der Waals surface area (Å²) in [5, 5.41) is 0. The monoisotopic (exact) mass is 341 g/mol. The standard InChI is InChI=1S/C15H20BrNO3/c1-19-14-10-12(11-18)9-13(16)15(14)20-8-4-7-17-5-2-3-6-17/h9-11H,2-8H2,1H3. The summed E-state index contributed by atoms with van der Waals surface area (Å²) >= 11 is 3.42. The van der Waals surface area contributed by atoms with Crippen molar-refractivity contribution in [2.24, 2.45) is 0 Å². The lowest BCUT2D eigenvalue weighted by atomic mass is 10.2. The zero-order valence-electron chi connectivity index (χ0n) is 11.7. The lowest BCUT2D eigenvalue weighted by Gasteiger charge is -2.16. The van der Waals surface area contributed by atoms with Crippen LogP contribution >= 0.6 is 15.9 Å². The summed E-state index contributed by atoms with van der Waals surface area (Å²) in [6.45, 7) is 4.14. The highest BCUT2D eigenvalue weighted by Gasteiger charge is 2.13. The first-order chi connectivity index (χ1) is 9.74. The summed E-state index contributed by atoms with van der Waals surface area (Å²) in [6, 6.07) is 3.43. The Bertz CT molecular complexity index is 459. The topological polar surface area (TPSA) is 38.8 Å². The number of hydrogen-bond donors (Lipinski definition) is 0. The van der Waals surface area contributed by atoms with Crippen molar-refractivity contribution in [1.29, 1.82) is 0 Å². The lowest BCUT2D eigenvalue weighted by molar-refractivity contribution is 0.112. The Labute approximate surface area is 128 Å². The van der Waals surface area contributed by atoms with E-state index in [4.69, 9.17) is 9.47 Å². The smallest absolute Gasteiger partial charge is 0.175 e. The van der Waals surface area contributed by atoms with Crippen LogP contribution in [0.4, 0.5) is 0 Å². The van der Waals surface area contributed by atoms with E-state index in [0.717, 1.165) is 23.7 Å². The Kier molecular flexibility index (Phi) is 5.86. The predicted molar refractivity (Wildman–Crippen MR) is 81.9 cm³/mol. The molecule has 0 aliphatic carbocycles. The SMILES string of the molecule is COc1cc(C=O)cc(Br)c1OCCCN1CCCC1. The minimum Gasteiger partial charge on any atom is -0.493 e. The van der Waals surface area contributed by atoms with E-state index in [1.165, 1.54) is 25.9 Å². The van der Waals surface area contributed by atoms with Gasteiger partial charge in [0.15, 0.2) is 11.5 Å². The van der Waals surface area contributed by atoms with Gasteiger partial charge in [-0.25, -0.2) is 0 Å². The van der Waals surface area contributed by atoms with Crippen molar-refractivity contribution in [3.05, 3.63) is 22.2 Å². The highest BCUT2D eigenvalue weighted by Crippen LogP contribution is 2.36. The van der Waals surface area contributed by atoms with Crippen LogP contribution in [0.15, 0.2) is 16.6 Å². The van der Waals surface area contributed by atoms with Crippen LogP contribution < -0.4 is 9.47 Å². The third-order valence-electron chi connectivity index (χ3n) is 3.45. The molecule has 1 aliphatic heterocycles. The molecule has 0 radical (unpaired) electrons. The van der Waals surface area contributed by atoms with Crippen LogP contribution in [-0.2, 0) is 0 Å². The number of halogens is 1. The molecule has 110 valence electrons. The van der Waals surface area contributed by atoms with Gasteiger partial charge in [-0.15, -0.1) is 0 Å². The van der Waals surface area contributed by atoms with E-state index in [9.17, 15) is 4.79 Å². The second-order valence-corrected chi connectivity index (χ2v) is 5.76. The van der Waals surface area contributed by atoms with E-state index in [2.05, 4.69) is 20.8 Å². The van der Waals surface area contributed by atoms with Crippen LogP contribution in [0.25, 0.3) is 0 Å². The average Bonchev–Trinajstić information content (AvgIpc) is 2.97. The maximum atomic E-state index is 10.8. The third-order valence-corrected chi connectivity index (χ3v) is 4.04. The fraction of sp³-hybridized carbons (Fsp3) is 0.533. The van der Waals surface area contributed by atoms with Gasteiger partial charge < -0.3 is 14.4 Å². The number of likely N-dealkylation sites (tertiary alicyclic amines) is 1. The molecule has 0 bridgehead atoms. The number of nitrogens with zero attached hydrogens (tertiary/aromatic N) is 1. The number of ether oxygens (including phenoxy) is 2. The Balaban J connectivity index is 1.89. The molecule has 1 aliphatic rings. The van der Waals surface area contributed by atoms with Crippen molar-refractivity contribution in [2.45, 2.75) is 19.3 Å². The van der Waals surface area contributed by atoms with E-state index >= 15 is 0 Å². The molecule has 4 nitrogen and oxygen atoms in total. The normalized spacial score (nSPS) is 15.3. The number of methoxy groups -OCH3 is 1. The van der Waals surface area contributed by atoms with Gasteiger partial charge in [0, 0.05) is 12.1 Å². The first-order valence-corrected chi connectivity index (χ1v) is 7.71. The molecule has 0 saturated carbocycles. The van der Waals surface area contributed by atoms with E-state index in [0.29, 0.717) is 23.7 Å². The van der Waals surface area contributed by atoms with Gasteiger partial charge in [-0.05, 0) is 60.4 Å². The molecule has 2 rings (SSSR count). The van der Waals surface area contributed by atoms with Gasteiger partial charge in [-0.1, -0.05) is 0 Å². The molecular weight excluding hydrogens is 322 g/mol. The Hall–Kier alpha value is -1.07. The van der Waals surface area contributed by atoms with Gasteiger partial charge in [-0.2, -0.15) is 0 Å². The van der Waals surface area contributed by atoms with Gasteiger partial charge >= 0.3 is 0 Å². The summed E-state index contributed by atoms with van der Waals surface area (Å²) in [7, 11) is 1.58. The maximum absolute atomic E-state index is 10.8. The zero-order valence-corrected chi connectivity index (χ0v) is 13.3. The van der Waals surface area contributed by atoms with Crippen LogP contribution in [0.2, 0.25) is 0 Å². The number of rotatable bonds is 7. The number of carbonyl (C=O) groups is 1. The Morgan fingerprint density at radius 1 is 1.35 bits per heavy atom. The third kappa shape index (κ3) is 3.96. The largest absolute Gasteiger partial charge is 0.493 e. The Morgan fingerprint density at radius 3 is 2.75 bits per heavy atom. The zero-order chi connectivity index (χ0) is 14.4. The Morgan fingerprint density at radius 2 is 2.10 bits per heavy atom. The highest BCUT2D eigenvalue weighted by molar-refractivity contribution is 9.10. The molecule has 20 heavy (non-hydrogen) atoms. The first kappa shape index (κ1) is 15.3. The molecule has 1 aromatic rings. The van der Waals surface area contributed by atoms with E-state index in [1.54, 1.807) is 19.2 Å². The minimum atomic E-state index is 0.568. The second-order valence-electron chi connectivity index (χ2n) is 4.90. The van der Waals surface area contributed by atoms with Gasteiger partial charge in [0.05, 0.1) is 18.2 Å². The quantitative estimate of drug-likeness (QED) is 0.564. The van der Waals surface area contributed by atoms with Crippen molar-refractivity contribution in [3.63, 3.8) is 0 Å². The maximum Gasteiger partial charge on any atom is 0.175 e. The van der Waals surface area contributed by atoms with Gasteiger partial charge in [0.25, 0.3) is 0 Å². The van der Waals surface area contributed by atoms with Gasteiger partial charge in [0.2, 0.25) is 0 Å². The number of benzene rings is 1. The van der Waals surface area contributed by atoms with Crippen LogP contribution in [0.1, 0.15) is 29.6 Å². The molecule has 0 aromatic heterocycles. The van der Waals surface area contributed by atoms with Crippen LogP contribution in [0.3, 0.4) is 0 Å². The van der Waals surface area contributed by atoms with Crippen LogP contribution in [0.5, 0.6) is 11.5 Å². The lowest BCUT2D eigenvalue weighted by Crippen LogP contribution is -2.22. The number of aldehydes is 1. The predicted octanol–water partition coefficient (Wildman–Crippen LogP) is 3.13. The summed E-state index contributed by atoms with van der Waals surface area (Å²) < 4.78 is 11.8. The van der Waals surface area contributed by atoms with Gasteiger partial charge in [-0.3, -0.25) is 4.79 Å². The van der Waals surface area contributed by atoms with Crippen molar-refractivity contribution in [3.8, 4) is 11.5 Å². The van der Waals surface area contributed by atoms with Gasteiger partial charge in [0.1, 0.15) is 6.29 Å². The molecular formula is C15H20BrNO3. The van der Waals surface area contributed by atoms with Crippen molar-refractivity contribution in [1.82, 2.24) is 4.90 Å². The van der Waals surface area contributed by atoms with Crippen LogP contribution in [-0.4, -0.2) is 44.5 Å². The summed E-state index contributed by atoms with van der Waals surface area (Å²) in [5.41, 5.74) is 0.568.